The summed E-state index contributed by atoms with van der Waals surface area (Å²) in [5.41, 5.74) is -0.766. The number of aromatic nitrogens is 1. The van der Waals surface area contributed by atoms with Crippen molar-refractivity contribution < 1.29 is 22.3 Å². The quantitative estimate of drug-likeness (QED) is 0.763. The molecule has 0 bridgehead atoms. The second-order valence-corrected chi connectivity index (χ2v) is 3.86. The number of ether oxygens (including phenoxy) is 1. The Balaban J connectivity index is 2.27. The molecule has 0 saturated carbocycles. The molecule has 0 N–H and O–H groups in total. The van der Waals surface area contributed by atoms with Crippen molar-refractivity contribution in [2.75, 3.05) is 0 Å². The van der Waals surface area contributed by atoms with Gasteiger partial charge >= 0.3 is 6.18 Å². The Hall–Kier alpha value is -2.37. The number of alkyl halides is 3. The molecule has 0 radical (unpaired) electrons. The summed E-state index contributed by atoms with van der Waals surface area (Å²) in [4.78, 5) is 3.94. The van der Waals surface area contributed by atoms with Gasteiger partial charge in [0.1, 0.15) is 17.3 Å². The number of benzene rings is 1. The summed E-state index contributed by atoms with van der Waals surface area (Å²) in [6.07, 6.45) is -1.91. The number of hydrogen-bond donors (Lipinski definition) is 0. The minimum absolute atomic E-state index is 0.119. The Labute approximate surface area is 112 Å². The van der Waals surface area contributed by atoms with Crippen LogP contribution in [0.4, 0.5) is 17.6 Å². The van der Waals surface area contributed by atoms with Crippen LogP contribution in [-0.2, 0) is 6.18 Å². The third-order valence-electron chi connectivity index (χ3n) is 2.45. The molecular weight excluding hydrogens is 274 g/mol. The number of halogens is 4. The highest BCUT2D eigenvalue weighted by Crippen LogP contribution is 2.34. The van der Waals surface area contributed by atoms with E-state index in [0.717, 1.165) is 6.07 Å². The maximum absolute atomic E-state index is 13.1. The lowest BCUT2D eigenvalue weighted by molar-refractivity contribution is -0.140. The molecule has 0 saturated heterocycles. The van der Waals surface area contributed by atoms with Crippen LogP contribution in [0.5, 0.6) is 11.5 Å². The van der Waals surface area contributed by atoms with E-state index in [1.165, 1.54) is 18.3 Å². The molecule has 1 aromatic heterocycles. The zero-order valence-corrected chi connectivity index (χ0v) is 10.1. The second kappa shape index (κ2) is 5.32. The van der Waals surface area contributed by atoms with Gasteiger partial charge < -0.3 is 4.74 Å². The van der Waals surface area contributed by atoms with E-state index in [4.69, 9.17) is 4.74 Å². The third-order valence-corrected chi connectivity index (χ3v) is 2.45. The van der Waals surface area contributed by atoms with Crippen LogP contribution in [0, 0.1) is 5.82 Å². The van der Waals surface area contributed by atoms with Crippen LogP contribution in [-0.4, -0.2) is 4.98 Å². The number of nitrogens with zero attached hydrogens (tertiary/aromatic N) is 1. The lowest BCUT2D eigenvalue weighted by Gasteiger charge is -2.11. The van der Waals surface area contributed by atoms with E-state index in [9.17, 15) is 17.6 Å². The topological polar surface area (TPSA) is 22.1 Å². The first-order valence-electron chi connectivity index (χ1n) is 5.53. The minimum Gasteiger partial charge on any atom is -0.456 e. The fourth-order valence-corrected chi connectivity index (χ4v) is 1.49. The van der Waals surface area contributed by atoms with E-state index in [1.807, 2.05) is 0 Å². The predicted octanol–water partition coefficient (Wildman–Crippen LogP) is 4.67. The lowest BCUT2D eigenvalue weighted by Crippen LogP contribution is -2.08. The van der Waals surface area contributed by atoms with Crippen LogP contribution in [0.1, 0.15) is 11.3 Å². The molecule has 0 aliphatic heterocycles. The van der Waals surface area contributed by atoms with Crippen molar-refractivity contribution in [3.63, 3.8) is 0 Å². The Bertz CT molecular complexity index is 620. The van der Waals surface area contributed by atoms with Gasteiger partial charge in [0.15, 0.2) is 0 Å². The first-order valence-corrected chi connectivity index (χ1v) is 5.53. The van der Waals surface area contributed by atoms with E-state index in [0.29, 0.717) is 17.8 Å². The maximum Gasteiger partial charge on any atom is 0.419 e. The molecule has 0 aliphatic carbocycles. The molecule has 2 rings (SSSR count). The smallest absolute Gasteiger partial charge is 0.419 e. The predicted molar refractivity (Wildman–Crippen MR) is 65.8 cm³/mol. The normalized spacial score (nSPS) is 11.2. The van der Waals surface area contributed by atoms with Crippen molar-refractivity contribution in [2.45, 2.75) is 6.18 Å². The van der Waals surface area contributed by atoms with Crippen LogP contribution >= 0.6 is 0 Å². The van der Waals surface area contributed by atoms with Gasteiger partial charge in [-0.2, -0.15) is 13.2 Å². The van der Waals surface area contributed by atoms with E-state index in [1.54, 1.807) is 6.07 Å². The van der Waals surface area contributed by atoms with Crippen molar-refractivity contribution in [2.24, 2.45) is 0 Å². The van der Waals surface area contributed by atoms with E-state index in [-0.39, 0.29) is 11.5 Å². The fraction of sp³-hybridized carbons (Fsp3) is 0.0714. The van der Waals surface area contributed by atoms with Gasteiger partial charge in [-0.25, -0.2) is 4.39 Å². The minimum atomic E-state index is -4.77. The summed E-state index contributed by atoms with van der Waals surface area (Å²) in [6, 6.07) is 5.56. The third kappa shape index (κ3) is 3.14. The van der Waals surface area contributed by atoms with Crippen LogP contribution in [0.25, 0.3) is 6.08 Å². The summed E-state index contributed by atoms with van der Waals surface area (Å²) < 4.78 is 56.0. The molecule has 0 atom stereocenters. The van der Waals surface area contributed by atoms with Gasteiger partial charge in [0.25, 0.3) is 0 Å². The zero-order valence-electron chi connectivity index (χ0n) is 10.1. The Morgan fingerprint density at radius 2 is 1.80 bits per heavy atom. The van der Waals surface area contributed by atoms with E-state index < -0.39 is 17.6 Å². The molecule has 0 aliphatic rings. The van der Waals surface area contributed by atoms with E-state index in [2.05, 4.69) is 11.6 Å². The SMILES string of the molecule is C=Cc1ccc(Oc2ccc(F)c(C(F)(F)F)c2)cn1. The Morgan fingerprint density at radius 1 is 1.10 bits per heavy atom. The van der Waals surface area contributed by atoms with Gasteiger partial charge in [-0.05, 0) is 36.4 Å². The molecule has 6 heteroatoms. The van der Waals surface area contributed by atoms with Gasteiger partial charge in [0, 0.05) is 0 Å². The lowest BCUT2D eigenvalue weighted by atomic mass is 10.2. The van der Waals surface area contributed by atoms with Gasteiger partial charge in [0.05, 0.1) is 17.5 Å². The molecule has 2 aromatic rings. The van der Waals surface area contributed by atoms with Crippen LogP contribution in [0.2, 0.25) is 0 Å². The van der Waals surface area contributed by atoms with Gasteiger partial charge in [-0.1, -0.05) is 6.58 Å². The molecule has 104 valence electrons. The molecule has 20 heavy (non-hydrogen) atoms. The first kappa shape index (κ1) is 14.0. The Morgan fingerprint density at radius 3 is 2.35 bits per heavy atom. The summed E-state index contributed by atoms with van der Waals surface area (Å²) >= 11 is 0. The number of hydrogen-bond acceptors (Lipinski definition) is 2. The Kier molecular flexibility index (Phi) is 3.74. The largest absolute Gasteiger partial charge is 0.456 e. The molecular formula is C14H9F4NO. The van der Waals surface area contributed by atoms with Crippen molar-refractivity contribution in [1.82, 2.24) is 4.98 Å². The van der Waals surface area contributed by atoms with Crippen molar-refractivity contribution in [1.29, 1.82) is 0 Å². The van der Waals surface area contributed by atoms with E-state index >= 15 is 0 Å². The second-order valence-electron chi connectivity index (χ2n) is 3.86. The van der Waals surface area contributed by atoms with Gasteiger partial charge in [-0.3, -0.25) is 4.98 Å². The van der Waals surface area contributed by atoms with Crippen LogP contribution in [0.3, 0.4) is 0 Å². The fourth-order valence-electron chi connectivity index (χ4n) is 1.49. The van der Waals surface area contributed by atoms with Crippen molar-refractivity contribution in [3.8, 4) is 11.5 Å². The summed E-state index contributed by atoms with van der Waals surface area (Å²) in [6.45, 7) is 3.52. The standard InChI is InChI=1S/C14H9F4NO/c1-2-9-3-4-11(8-19-9)20-10-5-6-13(15)12(7-10)14(16,17)18/h2-8H,1H2. The monoisotopic (exact) mass is 283 g/mol. The van der Waals surface area contributed by atoms with Gasteiger partial charge in [-0.15, -0.1) is 0 Å². The molecule has 0 amide bonds. The van der Waals surface area contributed by atoms with Crippen LogP contribution < -0.4 is 4.74 Å². The molecule has 0 unspecified atom stereocenters. The highest BCUT2D eigenvalue weighted by Gasteiger charge is 2.34. The summed E-state index contributed by atoms with van der Waals surface area (Å²) in [7, 11) is 0. The highest BCUT2D eigenvalue weighted by atomic mass is 19.4. The van der Waals surface area contributed by atoms with Crippen molar-refractivity contribution >= 4 is 6.08 Å². The zero-order chi connectivity index (χ0) is 14.8. The molecule has 1 heterocycles. The molecule has 0 spiro atoms. The average molecular weight is 283 g/mol. The summed E-state index contributed by atoms with van der Waals surface area (Å²) in [5, 5.41) is 0. The number of rotatable bonds is 3. The van der Waals surface area contributed by atoms with Crippen molar-refractivity contribution in [3.05, 3.63) is 60.2 Å². The number of pyridine rings is 1. The highest BCUT2D eigenvalue weighted by molar-refractivity contribution is 5.43. The van der Waals surface area contributed by atoms with Gasteiger partial charge in [0.2, 0.25) is 0 Å². The molecule has 2 nitrogen and oxygen atoms in total. The van der Waals surface area contributed by atoms with Crippen LogP contribution in [0.15, 0.2) is 43.1 Å². The molecule has 0 fully saturated rings. The first-order chi connectivity index (χ1) is 9.40. The maximum atomic E-state index is 13.1. The average Bonchev–Trinajstić information content (AvgIpc) is 2.40. The molecule has 1 aromatic carbocycles. The summed E-state index contributed by atoms with van der Waals surface area (Å²) in [5.74, 6) is -1.22.